The van der Waals surface area contributed by atoms with Gasteiger partial charge in [0.05, 0.1) is 11.4 Å². The Balaban J connectivity index is 0.000000232. The summed E-state index contributed by atoms with van der Waals surface area (Å²) in [5, 5.41) is 21.7. The summed E-state index contributed by atoms with van der Waals surface area (Å²) in [4.78, 5) is 33.4. The molecule has 4 N–H and O–H groups in total. The molecule has 6 rings (SSSR count). The van der Waals surface area contributed by atoms with Gasteiger partial charge in [-0.25, -0.2) is 0 Å². The first-order valence-corrected chi connectivity index (χ1v) is 23.1. The number of rotatable bonds is 11. The maximum Gasteiger partial charge on any atom is 0.179 e. The number of nitrogens with one attached hydrogen (secondary N) is 2. The molecule has 2 aliphatic rings. The second-order valence-corrected chi connectivity index (χ2v) is 23.9. The highest BCUT2D eigenvalue weighted by Gasteiger charge is 2.34. The summed E-state index contributed by atoms with van der Waals surface area (Å²) < 4.78 is 0. The van der Waals surface area contributed by atoms with Gasteiger partial charge >= 0.3 is 0 Å². The number of aromatic hydroxyl groups is 2. The molecule has 334 valence electrons. The Hall–Kier alpha value is -4.06. The number of benzene rings is 2. The van der Waals surface area contributed by atoms with Crippen LogP contribution in [0.4, 0.5) is 0 Å². The molecule has 0 radical (unpaired) electrons. The number of hydrogen-bond acceptors (Lipinski definition) is 4. The van der Waals surface area contributed by atoms with Crippen LogP contribution >= 0.6 is 0 Å². The number of aromatic amines is 2. The van der Waals surface area contributed by atoms with E-state index in [0.29, 0.717) is 49.0 Å². The van der Waals surface area contributed by atoms with Crippen molar-refractivity contribution in [2.24, 2.45) is 0 Å². The van der Waals surface area contributed by atoms with E-state index in [1.165, 1.54) is 36.9 Å². The number of carbonyl (C=O) groups is 2. The van der Waals surface area contributed by atoms with E-state index >= 15 is 0 Å². The van der Waals surface area contributed by atoms with Crippen molar-refractivity contribution in [1.82, 2.24) is 9.97 Å². The molecule has 0 spiro atoms. The van der Waals surface area contributed by atoms with Crippen LogP contribution in [0, 0.1) is 0 Å². The van der Waals surface area contributed by atoms with Gasteiger partial charge in [-0.2, -0.15) is 0 Å². The summed E-state index contributed by atoms with van der Waals surface area (Å²) >= 11 is 0. The molecule has 2 aromatic carbocycles. The molecule has 2 aliphatic carbocycles. The molecule has 6 heteroatoms. The normalized spacial score (nSPS) is 15.2. The second-order valence-electron chi connectivity index (χ2n) is 23.9. The van der Waals surface area contributed by atoms with Crippen molar-refractivity contribution in [3.63, 3.8) is 0 Å². The average molecular weight is 833 g/mol. The SMILES string of the molecule is CC(C)(C)c1cc(C(C)(C)C)c(C(=O)CCc2cc(C(C)(C)C)c(O)c(C(C)(C)C)c2)[nH]1.CC(C)c1cc(CCC(=O)c2[nH]c(C3CC3)cc2C2CC2)cc(C(C)(C)C)c1O. The summed E-state index contributed by atoms with van der Waals surface area (Å²) in [5.74, 6) is 2.66. The minimum absolute atomic E-state index is 0.0429. The standard InChI is InChI=1S/C29H45NO2.C26H35NO2/c1-26(2,3)19-17-23(29(10,11)12)30-24(19)22(31)14-13-18-15-20(27(4,5)6)25(32)21(16-18)28(7,8)9;1-15(2)19-12-16(13-21(25(19)29)26(3,4)5)6-11-23(28)24-20(17-7-8-17)14-22(27-24)18-9-10-18/h15-17,30,32H,13-14H2,1-12H3;12-15,17-18,27,29H,6-11H2,1-5H3. The summed E-state index contributed by atoms with van der Waals surface area (Å²) in [5.41, 5.74) is 11.8. The Bertz CT molecular complexity index is 2180. The minimum Gasteiger partial charge on any atom is -0.507 e. The Labute approximate surface area is 369 Å². The highest BCUT2D eigenvalue weighted by Crippen LogP contribution is 2.47. The third-order valence-corrected chi connectivity index (χ3v) is 12.6. The first-order chi connectivity index (χ1) is 27.9. The number of ketones is 2. The maximum atomic E-state index is 13.4. The summed E-state index contributed by atoms with van der Waals surface area (Å²) in [6.07, 6.45) is 7.24. The number of H-pyrrole nitrogens is 2. The van der Waals surface area contributed by atoms with Crippen LogP contribution in [0.1, 0.15) is 251 Å². The number of phenols is 2. The van der Waals surface area contributed by atoms with Crippen molar-refractivity contribution in [3.8, 4) is 11.5 Å². The third kappa shape index (κ3) is 11.7. The summed E-state index contributed by atoms with van der Waals surface area (Å²) in [6.45, 7) is 36.3. The van der Waals surface area contributed by atoms with Crippen LogP contribution in [0.2, 0.25) is 0 Å². The van der Waals surface area contributed by atoms with E-state index < -0.39 is 0 Å². The van der Waals surface area contributed by atoms with Crippen LogP contribution in [-0.4, -0.2) is 31.7 Å². The molecule has 61 heavy (non-hydrogen) atoms. The zero-order valence-corrected chi connectivity index (χ0v) is 41.1. The monoisotopic (exact) mass is 833 g/mol. The quantitative estimate of drug-likeness (QED) is 0.113. The second kappa shape index (κ2) is 17.2. The van der Waals surface area contributed by atoms with Gasteiger partial charge < -0.3 is 20.2 Å². The Morgan fingerprint density at radius 3 is 1.38 bits per heavy atom. The van der Waals surface area contributed by atoms with E-state index in [9.17, 15) is 19.8 Å². The van der Waals surface area contributed by atoms with Crippen molar-refractivity contribution in [2.45, 2.75) is 214 Å². The van der Waals surface area contributed by atoms with Crippen molar-refractivity contribution in [2.75, 3.05) is 0 Å². The highest BCUT2D eigenvalue weighted by atomic mass is 16.3. The Morgan fingerprint density at radius 1 is 0.541 bits per heavy atom. The number of aromatic nitrogens is 2. The van der Waals surface area contributed by atoms with E-state index in [-0.39, 0.29) is 44.6 Å². The molecule has 0 bridgehead atoms. The number of hydrogen-bond donors (Lipinski definition) is 4. The lowest BCUT2D eigenvalue weighted by molar-refractivity contribution is 0.0969. The third-order valence-electron chi connectivity index (χ3n) is 12.6. The van der Waals surface area contributed by atoms with Gasteiger partial charge in [-0.05, 0) is 135 Å². The van der Waals surface area contributed by atoms with Crippen LogP contribution in [0.5, 0.6) is 11.5 Å². The van der Waals surface area contributed by atoms with Crippen molar-refractivity contribution in [1.29, 1.82) is 0 Å². The van der Waals surface area contributed by atoms with E-state index in [1.54, 1.807) is 0 Å². The highest BCUT2D eigenvalue weighted by molar-refractivity contribution is 5.97. The zero-order valence-electron chi connectivity index (χ0n) is 41.1. The molecule has 0 aliphatic heterocycles. The number of carbonyl (C=O) groups excluding carboxylic acids is 2. The summed E-state index contributed by atoms with van der Waals surface area (Å²) in [6, 6.07) is 12.8. The van der Waals surface area contributed by atoms with Gasteiger partial charge in [0.2, 0.25) is 0 Å². The molecular weight excluding hydrogens is 753 g/mol. The Morgan fingerprint density at radius 2 is 0.967 bits per heavy atom. The first kappa shape index (κ1) is 48.0. The molecule has 2 saturated carbocycles. The molecule has 0 saturated heterocycles. The largest absolute Gasteiger partial charge is 0.507 e. The van der Waals surface area contributed by atoms with Gasteiger partial charge in [0, 0.05) is 29.6 Å². The molecule has 0 amide bonds. The fourth-order valence-corrected chi connectivity index (χ4v) is 8.35. The fourth-order valence-electron chi connectivity index (χ4n) is 8.35. The molecule has 4 aromatic rings. The van der Waals surface area contributed by atoms with Gasteiger partial charge in [0.1, 0.15) is 11.5 Å². The van der Waals surface area contributed by atoms with Gasteiger partial charge in [-0.3, -0.25) is 9.59 Å². The number of aryl methyl sites for hydroxylation is 2. The molecule has 6 nitrogen and oxygen atoms in total. The van der Waals surface area contributed by atoms with Gasteiger partial charge in [0.15, 0.2) is 11.6 Å². The van der Waals surface area contributed by atoms with Crippen LogP contribution < -0.4 is 0 Å². The molecular formula is C55H80N2O4. The van der Waals surface area contributed by atoms with Gasteiger partial charge in [0.25, 0.3) is 0 Å². The Kier molecular flexibility index (Phi) is 13.6. The average Bonchev–Trinajstić information content (AvgIpc) is 4.06. The number of phenolic OH excluding ortho intramolecular Hbond substituents is 2. The van der Waals surface area contributed by atoms with E-state index in [1.807, 2.05) is 0 Å². The lowest BCUT2D eigenvalue weighted by atomic mass is 9.78. The lowest BCUT2D eigenvalue weighted by Gasteiger charge is -2.28. The van der Waals surface area contributed by atoms with Gasteiger partial charge in [-0.15, -0.1) is 0 Å². The zero-order chi connectivity index (χ0) is 45.8. The van der Waals surface area contributed by atoms with Crippen LogP contribution in [0.3, 0.4) is 0 Å². The molecule has 2 aromatic heterocycles. The van der Waals surface area contributed by atoms with Crippen molar-refractivity contribution in [3.05, 3.63) is 104 Å². The lowest BCUT2D eigenvalue weighted by Crippen LogP contribution is -2.18. The van der Waals surface area contributed by atoms with Crippen molar-refractivity contribution < 1.29 is 19.8 Å². The molecule has 0 atom stereocenters. The van der Waals surface area contributed by atoms with E-state index in [2.05, 4.69) is 164 Å². The molecule has 2 fully saturated rings. The molecule has 2 heterocycles. The topological polar surface area (TPSA) is 106 Å². The predicted molar refractivity (Wildman–Crippen MR) is 255 cm³/mol. The van der Waals surface area contributed by atoms with Gasteiger partial charge in [-0.1, -0.05) is 142 Å². The van der Waals surface area contributed by atoms with E-state index in [4.69, 9.17) is 0 Å². The smallest absolute Gasteiger partial charge is 0.179 e. The maximum absolute atomic E-state index is 13.4. The van der Waals surface area contributed by atoms with Crippen LogP contribution in [-0.2, 0) is 39.9 Å². The summed E-state index contributed by atoms with van der Waals surface area (Å²) in [7, 11) is 0. The van der Waals surface area contributed by atoms with Crippen LogP contribution in [0.25, 0.3) is 0 Å². The number of Topliss-reactive ketones (excluding diaryl/α,β-unsaturated/α-hetero) is 2. The molecule has 0 unspecified atom stereocenters. The predicted octanol–water partition coefficient (Wildman–Crippen LogP) is 14.4. The van der Waals surface area contributed by atoms with Crippen molar-refractivity contribution >= 4 is 11.6 Å². The van der Waals surface area contributed by atoms with E-state index in [0.717, 1.165) is 56.0 Å². The first-order valence-electron chi connectivity index (χ1n) is 23.1. The van der Waals surface area contributed by atoms with Crippen LogP contribution in [0.15, 0.2) is 36.4 Å². The fraction of sp³-hybridized carbons (Fsp3) is 0.600. The minimum atomic E-state index is -0.176.